The first-order valence-corrected chi connectivity index (χ1v) is 13.0. The number of rotatable bonds is 6. The highest BCUT2D eigenvalue weighted by Crippen LogP contribution is 2.43. The molecule has 1 amide bonds. The van der Waals surface area contributed by atoms with Crippen molar-refractivity contribution >= 4 is 38.6 Å². The quantitative estimate of drug-likeness (QED) is 0.484. The molecule has 5 rings (SSSR count). The van der Waals surface area contributed by atoms with Crippen LogP contribution >= 0.6 is 15.9 Å². The number of halogens is 3. The Morgan fingerprint density at radius 1 is 1.35 bits per heavy atom. The zero-order valence-electron chi connectivity index (χ0n) is 20.4. The van der Waals surface area contributed by atoms with Gasteiger partial charge in [0.15, 0.2) is 5.83 Å². The minimum atomic E-state index is -1.05. The third-order valence-corrected chi connectivity index (χ3v) is 7.90. The van der Waals surface area contributed by atoms with Crippen LogP contribution in [0.2, 0.25) is 0 Å². The fourth-order valence-electron chi connectivity index (χ4n) is 5.30. The summed E-state index contributed by atoms with van der Waals surface area (Å²) in [5.41, 5.74) is 1.63. The molecule has 2 saturated heterocycles. The Hall–Kier alpha value is -3.04. The Morgan fingerprint density at radius 3 is 2.86 bits per heavy atom. The van der Waals surface area contributed by atoms with Gasteiger partial charge in [0.25, 0.3) is 5.91 Å². The van der Waals surface area contributed by atoms with Crippen LogP contribution in [-0.2, 0) is 11.2 Å². The number of likely N-dealkylation sites (tertiary alicyclic amines) is 1. The average Bonchev–Trinajstić information content (AvgIpc) is 3.48. The normalized spacial score (nSPS) is 23.6. The molecule has 3 atom stereocenters. The van der Waals surface area contributed by atoms with Crippen LogP contribution in [0.3, 0.4) is 0 Å². The number of alkyl halides is 1. The first-order chi connectivity index (χ1) is 17.8. The molecule has 3 aliphatic heterocycles. The van der Waals surface area contributed by atoms with Gasteiger partial charge in [0, 0.05) is 48.7 Å². The van der Waals surface area contributed by atoms with Crippen LogP contribution in [0, 0.1) is 11.3 Å². The summed E-state index contributed by atoms with van der Waals surface area (Å²) >= 11 is 3.62. The lowest BCUT2D eigenvalue weighted by Gasteiger charge is -2.41. The largest absolute Gasteiger partial charge is 0.492 e. The molecule has 0 bridgehead atoms. The molecule has 1 aromatic heterocycles. The number of hydrogen-bond acceptors (Lipinski definition) is 8. The maximum atomic E-state index is 13.8. The summed E-state index contributed by atoms with van der Waals surface area (Å²) in [6, 6.07) is 3.51. The smallest absolute Gasteiger partial charge is 0.319 e. The maximum absolute atomic E-state index is 13.8. The molecule has 37 heavy (non-hydrogen) atoms. The first kappa shape index (κ1) is 25.6. The van der Waals surface area contributed by atoms with Crippen molar-refractivity contribution in [3.63, 3.8) is 0 Å². The van der Waals surface area contributed by atoms with Gasteiger partial charge in [-0.15, -0.1) is 0 Å². The summed E-state index contributed by atoms with van der Waals surface area (Å²) in [7, 11) is 1.86. The second-order valence-corrected chi connectivity index (χ2v) is 10.4. The topological polar surface area (TPSA) is 94.8 Å². The number of hydrogen-bond donors (Lipinski definition) is 0. The zero-order chi connectivity index (χ0) is 26.3. The molecule has 3 aliphatic rings. The van der Waals surface area contributed by atoms with E-state index in [-0.39, 0.29) is 38.2 Å². The predicted octanol–water partition coefficient (Wildman–Crippen LogP) is 3.16. The van der Waals surface area contributed by atoms with E-state index < -0.39 is 23.9 Å². The van der Waals surface area contributed by atoms with Crippen molar-refractivity contribution in [2.75, 3.05) is 51.3 Å². The van der Waals surface area contributed by atoms with Gasteiger partial charge in [-0.2, -0.15) is 15.2 Å². The highest BCUT2D eigenvalue weighted by Gasteiger charge is 2.35. The fourth-order valence-corrected chi connectivity index (χ4v) is 5.90. The zero-order valence-corrected chi connectivity index (χ0v) is 22.0. The van der Waals surface area contributed by atoms with Crippen molar-refractivity contribution in [3.05, 3.63) is 28.5 Å². The Labute approximate surface area is 221 Å². The van der Waals surface area contributed by atoms with Gasteiger partial charge < -0.3 is 19.3 Å². The molecule has 0 unspecified atom stereocenters. The number of piperazine rings is 1. The molecule has 1 aromatic carbocycles. The van der Waals surface area contributed by atoms with E-state index in [1.807, 2.05) is 22.9 Å². The summed E-state index contributed by atoms with van der Waals surface area (Å²) < 4.78 is 40.3. The predicted molar refractivity (Wildman–Crippen MR) is 136 cm³/mol. The number of ether oxygens (including phenoxy) is 2. The Morgan fingerprint density at radius 2 is 2.16 bits per heavy atom. The lowest BCUT2D eigenvalue weighted by molar-refractivity contribution is -0.131. The van der Waals surface area contributed by atoms with Gasteiger partial charge in [0.05, 0.1) is 36.0 Å². The van der Waals surface area contributed by atoms with Gasteiger partial charge in [0.1, 0.15) is 24.3 Å². The molecule has 12 heteroatoms. The molecule has 0 aliphatic carbocycles. The summed E-state index contributed by atoms with van der Waals surface area (Å²) in [5.74, 6) is -0.614. The molecule has 4 heterocycles. The number of anilines is 1. The third kappa shape index (κ3) is 4.94. The molecule has 0 spiro atoms. The van der Waals surface area contributed by atoms with Crippen molar-refractivity contribution in [1.82, 2.24) is 19.8 Å². The van der Waals surface area contributed by atoms with Crippen LogP contribution in [0.4, 0.5) is 14.6 Å². The minimum Gasteiger partial charge on any atom is -0.492 e. The Bertz CT molecular complexity index is 1290. The average molecular weight is 577 g/mol. The Balaban J connectivity index is 1.52. The molecule has 0 saturated carbocycles. The number of nitrogens with zero attached hydrogens (tertiary/aromatic N) is 6. The van der Waals surface area contributed by atoms with E-state index in [0.29, 0.717) is 43.2 Å². The molecular weight excluding hydrogens is 550 g/mol. The fraction of sp³-hybridized carbons (Fsp3) is 0.520. The SMILES string of the molecule is C=C(F)C(=O)N1CCN(c2nc(OC[C@@H]3C[C@@H](F)CN3C)nc3cc(Br)c4c(c23)OCC4)C[C@@H]1CC#N. The lowest BCUT2D eigenvalue weighted by Crippen LogP contribution is -2.55. The van der Waals surface area contributed by atoms with Crippen molar-refractivity contribution in [2.24, 2.45) is 0 Å². The molecule has 0 radical (unpaired) electrons. The number of carbonyl (C=O) groups is 1. The highest BCUT2D eigenvalue weighted by molar-refractivity contribution is 9.10. The molecular formula is C25H27BrF2N6O3. The molecule has 2 aromatic rings. The summed E-state index contributed by atoms with van der Waals surface area (Å²) in [6.07, 6.45) is 0.259. The van der Waals surface area contributed by atoms with E-state index in [9.17, 15) is 18.8 Å². The van der Waals surface area contributed by atoms with Crippen LogP contribution in [0.1, 0.15) is 18.4 Å². The van der Waals surface area contributed by atoms with Crippen molar-refractivity contribution < 1.29 is 23.0 Å². The van der Waals surface area contributed by atoms with Crippen molar-refractivity contribution in [2.45, 2.75) is 37.5 Å². The first-order valence-electron chi connectivity index (χ1n) is 12.2. The number of nitriles is 1. The molecule has 0 N–H and O–H groups in total. The van der Waals surface area contributed by atoms with Crippen LogP contribution < -0.4 is 14.4 Å². The van der Waals surface area contributed by atoms with Gasteiger partial charge in [-0.1, -0.05) is 22.5 Å². The summed E-state index contributed by atoms with van der Waals surface area (Å²) in [5, 5.41) is 10.1. The van der Waals surface area contributed by atoms with Gasteiger partial charge >= 0.3 is 6.01 Å². The third-order valence-electron chi connectivity index (χ3n) is 7.19. The number of amides is 1. The molecule has 9 nitrogen and oxygen atoms in total. The van der Waals surface area contributed by atoms with Crippen LogP contribution in [0.25, 0.3) is 10.9 Å². The van der Waals surface area contributed by atoms with E-state index in [1.165, 1.54) is 4.90 Å². The molecule has 196 valence electrons. The summed E-state index contributed by atoms with van der Waals surface area (Å²) in [4.78, 5) is 27.0. The van der Waals surface area contributed by atoms with Gasteiger partial charge in [-0.25, -0.2) is 8.78 Å². The van der Waals surface area contributed by atoms with E-state index in [4.69, 9.17) is 14.5 Å². The highest BCUT2D eigenvalue weighted by atomic mass is 79.9. The van der Waals surface area contributed by atoms with E-state index in [2.05, 4.69) is 33.6 Å². The van der Waals surface area contributed by atoms with Crippen molar-refractivity contribution in [1.29, 1.82) is 5.26 Å². The van der Waals surface area contributed by atoms with Crippen LogP contribution in [0.5, 0.6) is 11.8 Å². The van der Waals surface area contributed by atoms with Gasteiger partial charge in [-0.3, -0.25) is 9.69 Å². The number of benzene rings is 1. The van der Waals surface area contributed by atoms with Gasteiger partial charge in [0.2, 0.25) is 0 Å². The lowest BCUT2D eigenvalue weighted by atomic mass is 10.1. The van der Waals surface area contributed by atoms with E-state index >= 15 is 0 Å². The Kier molecular flexibility index (Phi) is 7.18. The van der Waals surface area contributed by atoms with E-state index in [0.717, 1.165) is 21.8 Å². The van der Waals surface area contributed by atoms with Gasteiger partial charge in [-0.05, 0) is 19.5 Å². The van der Waals surface area contributed by atoms with Crippen LogP contribution in [0.15, 0.2) is 22.9 Å². The van der Waals surface area contributed by atoms with Crippen molar-refractivity contribution in [3.8, 4) is 17.8 Å². The number of fused-ring (bicyclic) bond motifs is 3. The van der Waals surface area contributed by atoms with E-state index in [1.54, 1.807) is 0 Å². The standard InChI is InChI=1S/C25H27BrF2N6O3/c1-14(27)24(35)34-7-6-33(12-16(34)3-5-29)23-21-20(10-19(26)18-4-8-36-22(18)21)30-25(31-23)37-13-17-9-15(28)11-32(17)2/h10,15-17H,1,3-4,6-9,11-13H2,2H3/t15-,16+,17+/m1/s1. The number of carbonyl (C=O) groups excluding carboxylic acids is 1. The monoisotopic (exact) mass is 576 g/mol. The molecule has 2 fully saturated rings. The number of aromatic nitrogens is 2. The summed E-state index contributed by atoms with van der Waals surface area (Å²) in [6.45, 7) is 5.07. The second kappa shape index (κ2) is 10.4. The second-order valence-electron chi connectivity index (χ2n) is 9.59. The van der Waals surface area contributed by atoms with Crippen LogP contribution in [-0.4, -0.2) is 90.4 Å². The number of likely N-dealkylation sites (N-methyl/N-ethyl adjacent to an activating group) is 1. The maximum Gasteiger partial charge on any atom is 0.319 e. The minimum absolute atomic E-state index is 0.0282.